The largest absolute Gasteiger partial charge is 0.336 e. The molecule has 3 rings (SSSR count). The Balaban J connectivity index is 1.96. The molecule has 0 aromatic heterocycles. The molecule has 0 amide bonds. The van der Waals surface area contributed by atoms with E-state index in [2.05, 4.69) is 37.3 Å². The Hall–Kier alpha value is -2.06. The molecular weight excluding hydrogens is 260 g/mol. The molecular formula is C19H20O2. The van der Waals surface area contributed by atoms with Crippen molar-refractivity contribution in [1.82, 2.24) is 0 Å². The standard InChI is InChI=1S/C19H20O2/c1-2-3-8-13-20-21-19-17-11-6-4-9-15(17)14-16-10-5-7-12-18(16)19/h4-7,9-12,14H,2-3,8,13H2,1H3. The Morgan fingerprint density at radius 3 is 2.05 bits per heavy atom. The first kappa shape index (κ1) is 13.9. The summed E-state index contributed by atoms with van der Waals surface area (Å²) in [7, 11) is 0. The van der Waals surface area contributed by atoms with Crippen molar-refractivity contribution in [2.75, 3.05) is 6.61 Å². The molecule has 108 valence electrons. The van der Waals surface area contributed by atoms with E-state index in [-0.39, 0.29) is 0 Å². The van der Waals surface area contributed by atoms with E-state index >= 15 is 0 Å². The summed E-state index contributed by atoms with van der Waals surface area (Å²) < 4.78 is 0. The van der Waals surface area contributed by atoms with Gasteiger partial charge in [0.05, 0.1) is 6.61 Å². The molecule has 0 spiro atoms. The number of unbranched alkanes of at least 4 members (excludes halogenated alkanes) is 2. The highest BCUT2D eigenvalue weighted by atomic mass is 17.2. The van der Waals surface area contributed by atoms with Gasteiger partial charge in [0.1, 0.15) is 0 Å². The second-order valence-corrected chi connectivity index (χ2v) is 5.26. The molecule has 0 aliphatic carbocycles. The average molecular weight is 280 g/mol. The lowest BCUT2D eigenvalue weighted by Gasteiger charge is -2.11. The summed E-state index contributed by atoms with van der Waals surface area (Å²) >= 11 is 0. The Bertz CT molecular complexity index is 680. The third-order valence-electron chi connectivity index (χ3n) is 3.70. The molecule has 0 saturated carbocycles. The van der Waals surface area contributed by atoms with Crippen LogP contribution in [0.25, 0.3) is 21.5 Å². The quantitative estimate of drug-likeness (QED) is 0.257. The Labute approximate surface area is 125 Å². The summed E-state index contributed by atoms with van der Waals surface area (Å²) in [4.78, 5) is 11.1. The number of hydrogen-bond acceptors (Lipinski definition) is 2. The van der Waals surface area contributed by atoms with Crippen molar-refractivity contribution in [3.8, 4) is 5.75 Å². The van der Waals surface area contributed by atoms with Gasteiger partial charge in [-0.25, -0.2) is 0 Å². The molecule has 2 nitrogen and oxygen atoms in total. The van der Waals surface area contributed by atoms with E-state index in [9.17, 15) is 0 Å². The van der Waals surface area contributed by atoms with Crippen molar-refractivity contribution < 1.29 is 9.78 Å². The van der Waals surface area contributed by atoms with Crippen LogP contribution in [0.15, 0.2) is 54.6 Å². The molecule has 21 heavy (non-hydrogen) atoms. The van der Waals surface area contributed by atoms with Crippen LogP contribution in [0.3, 0.4) is 0 Å². The maximum Gasteiger partial charge on any atom is 0.180 e. The van der Waals surface area contributed by atoms with Gasteiger partial charge in [-0.05, 0) is 23.3 Å². The summed E-state index contributed by atoms with van der Waals surface area (Å²) in [6.45, 7) is 2.81. The van der Waals surface area contributed by atoms with E-state index in [1.54, 1.807) is 0 Å². The zero-order valence-corrected chi connectivity index (χ0v) is 12.3. The third-order valence-corrected chi connectivity index (χ3v) is 3.70. The van der Waals surface area contributed by atoms with E-state index in [4.69, 9.17) is 9.78 Å². The highest BCUT2D eigenvalue weighted by Crippen LogP contribution is 2.34. The predicted molar refractivity (Wildman–Crippen MR) is 87.6 cm³/mol. The average Bonchev–Trinajstić information content (AvgIpc) is 2.53. The summed E-state index contributed by atoms with van der Waals surface area (Å²) in [5.41, 5.74) is 0. The van der Waals surface area contributed by atoms with Crippen LogP contribution in [-0.2, 0) is 4.89 Å². The van der Waals surface area contributed by atoms with Gasteiger partial charge in [-0.15, -0.1) is 0 Å². The van der Waals surface area contributed by atoms with Gasteiger partial charge in [-0.3, -0.25) is 0 Å². The number of hydrogen-bond donors (Lipinski definition) is 0. The van der Waals surface area contributed by atoms with Crippen LogP contribution >= 0.6 is 0 Å². The van der Waals surface area contributed by atoms with Crippen molar-refractivity contribution in [3.63, 3.8) is 0 Å². The molecule has 0 bridgehead atoms. The molecule has 3 aromatic rings. The molecule has 0 radical (unpaired) electrons. The van der Waals surface area contributed by atoms with Crippen LogP contribution in [0.2, 0.25) is 0 Å². The molecule has 0 fully saturated rings. The number of fused-ring (bicyclic) bond motifs is 2. The lowest BCUT2D eigenvalue weighted by atomic mass is 10.0. The Morgan fingerprint density at radius 2 is 1.43 bits per heavy atom. The third kappa shape index (κ3) is 3.01. The van der Waals surface area contributed by atoms with Crippen LogP contribution in [-0.4, -0.2) is 6.61 Å². The maximum atomic E-state index is 5.68. The minimum absolute atomic E-state index is 0.630. The summed E-state index contributed by atoms with van der Waals surface area (Å²) in [5, 5.41) is 4.52. The molecule has 0 aliphatic heterocycles. The fourth-order valence-electron chi connectivity index (χ4n) is 2.57. The first-order valence-corrected chi connectivity index (χ1v) is 7.60. The van der Waals surface area contributed by atoms with Gasteiger partial charge < -0.3 is 4.89 Å². The lowest BCUT2D eigenvalue weighted by molar-refractivity contribution is -0.205. The van der Waals surface area contributed by atoms with Crippen LogP contribution in [0.1, 0.15) is 26.2 Å². The van der Waals surface area contributed by atoms with E-state index in [0.717, 1.165) is 22.9 Å². The minimum Gasteiger partial charge on any atom is -0.336 e. The van der Waals surface area contributed by atoms with Crippen molar-refractivity contribution in [2.24, 2.45) is 0 Å². The van der Waals surface area contributed by atoms with Crippen LogP contribution in [0.5, 0.6) is 5.75 Å². The zero-order valence-electron chi connectivity index (χ0n) is 12.3. The van der Waals surface area contributed by atoms with Crippen molar-refractivity contribution in [1.29, 1.82) is 0 Å². The van der Waals surface area contributed by atoms with Gasteiger partial charge in [0.25, 0.3) is 0 Å². The van der Waals surface area contributed by atoms with Gasteiger partial charge >= 0.3 is 0 Å². The van der Waals surface area contributed by atoms with Gasteiger partial charge in [0.15, 0.2) is 5.75 Å². The first-order valence-electron chi connectivity index (χ1n) is 7.60. The van der Waals surface area contributed by atoms with Gasteiger partial charge in [0.2, 0.25) is 0 Å². The molecule has 0 N–H and O–H groups in total. The molecule has 3 aromatic carbocycles. The zero-order chi connectivity index (χ0) is 14.5. The van der Waals surface area contributed by atoms with Crippen molar-refractivity contribution >= 4 is 21.5 Å². The summed E-state index contributed by atoms with van der Waals surface area (Å²) in [6.07, 6.45) is 3.37. The Kier molecular flexibility index (Phi) is 4.37. The van der Waals surface area contributed by atoms with Gasteiger partial charge in [0, 0.05) is 10.8 Å². The topological polar surface area (TPSA) is 18.5 Å². The fraction of sp³-hybridized carbons (Fsp3) is 0.263. The summed E-state index contributed by atoms with van der Waals surface area (Å²) in [5.74, 6) is 0.820. The van der Waals surface area contributed by atoms with Crippen LogP contribution in [0.4, 0.5) is 0 Å². The second kappa shape index (κ2) is 6.59. The van der Waals surface area contributed by atoms with E-state index < -0.39 is 0 Å². The molecule has 0 heterocycles. The molecule has 0 unspecified atom stereocenters. The highest BCUT2D eigenvalue weighted by molar-refractivity contribution is 6.05. The van der Waals surface area contributed by atoms with E-state index in [0.29, 0.717) is 6.61 Å². The minimum atomic E-state index is 0.630. The summed E-state index contributed by atoms with van der Waals surface area (Å²) in [6, 6.07) is 18.7. The van der Waals surface area contributed by atoms with Gasteiger partial charge in [-0.2, -0.15) is 4.89 Å². The predicted octanol–water partition coefficient (Wildman–Crippen LogP) is 5.49. The molecule has 0 saturated heterocycles. The van der Waals surface area contributed by atoms with E-state index in [1.165, 1.54) is 23.6 Å². The smallest absolute Gasteiger partial charge is 0.180 e. The van der Waals surface area contributed by atoms with Gasteiger partial charge in [-0.1, -0.05) is 68.3 Å². The maximum absolute atomic E-state index is 5.68. The van der Waals surface area contributed by atoms with E-state index in [1.807, 2.05) is 24.3 Å². The van der Waals surface area contributed by atoms with Crippen LogP contribution in [0, 0.1) is 0 Å². The SMILES string of the molecule is CCCCCOOc1c2ccccc2cc2ccccc12. The van der Waals surface area contributed by atoms with Crippen molar-refractivity contribution in [3.05, 3.63) is 54.6 Å². The lowest BCUT2D eigenvalue weighted by Crippen LogP contribution is -2.00. The molecule has 0 aliphatic rings. The molecule has 0 atom stereocenters. The fourth-order valence-corrected chi connectivity index (χ4v) is 2.57. The molecule has 2 heteroatoms. The van der Waals surface area contributed by atoms with Crippen LogP contribution < -0.4 is 4.89 Å². The first-order chi connectivity index (χ1) is 10.4. The number of benzene rings is 3. The van der Waals surface area contributed by atoms with Crippen molar-refractivity contribution in [2.45, 2.75) is 26.2 Å². The normalized spacial score (nSPS) is 11.1. The number of rotatable bonds is 6. The Morgan fingerprint density at radius 1 is 0.810 bits per heavy atom. The second-order valence-electron chi connectivity index (χ2n) is 5.26. The monoisotopic (exact) mass is 280 g/mol. The highest BCUT2D eigenvalue weighted by Gasteiger charge is 2.09.